The summed E-state index contributed by atoms with van der Waals surface area (Å²) < 4.78 is 5.14. The van der Waals surface area contributed by atoms with Crippen molar-refractivity contribution in [1.29, 1.82) is 0 Å². The summed E-state index contributed by atoms with van der Waals surface area (Å²) in [7, 11) is 1.60. The second-order valence-electron chi connectivity index (χ2n) is 6.36. The van der Waals surface area contributed by atoms with Gasteiger partial charge in [0.05, 0.1) is 7.11 Å². The van der Waals surface area contributed by atoms with E-state index in [2.05, 4.69) is 15.3 Å². The average Bonchev–Trinajstić information content (AvgIpc) is 2.65. The number of benzene rings is 2. The van der Waals surface area contributed by atoms with Crippen LogP contribution in [0.2, 0.25) is 0 Å². The zero-order valence-electron chi connectivity index (χ0n) is 15.5. The highest BCUT2D eigenvalue weighted by Crippen LogP contribution is 2.15. The number of ether oxygens (including phenoxy) is 1. The highest BCUT2D eigenvalue weighted by atomic mass is 16.5. The van der Waals surface area contributed by atoms with Gasteiger partial charge >= 0.3 is 0 Å². The first-order chi connectivity index (χ1) is 12.9. The summed E-state index contributed by atoms with van der Waals surface area (Å²) in [4.78, 5) is 31.5. The smallest absolute Gasteiger partial charge is 0.274 e. The van der Waals surface area contributed by atoms with Crippen LogP contribution in [0.1, 0.15) is 33.0 Å². The summed E-state index contributed by atoms with van der Waals surface area (Å²) in [5.41, 5.74) is 3.56. The second kappa shape index (κ2) is 7.86. The molecule has 0 radical (unpaired) electrons. The Labute approximate surface area is 157 Å². The molecule has 1 amide bonds. The van der Waals surface area contributed by atoms with Crippen molar-refractivity contribution in [3.8, 4) is 5.75 Å². The number of H-pyrrole nitrogens is 1. The molecule has 0 fully saturated rings. The number of methoxy groups -OCH3 is 1. The third-order valence-corrected chi connectivity index (χ3v) is 4.32. The summed E-state index contributed by atoms with van der Waals surface area (Å²) in [5, 5.41) is 2.79. The molecule has 0 aliphatic rings. The Kier molecular flexibility index (Phi) is 5.35. The van der Waals surface area contributed by atoms with Crippen molar-refractivity contribution in [3.05, 3.63) is 87.1 Å². The van der Waals surface area contributed by atoms with E-state index in [0.717, 1.165) is 22.4 Å². The van der Waals surface area contributed by atoms with Crippen molar-refractivity contribution in [3.63, 3.8) is 0 Å². The average molecular weight is 363 g/mol. The van der Waals surface area contributed by atoms with Gasteiger partial charge in [0.1, 0.15) is 17.3 Å². The van der Waals surface area contributed by atoms with E-state index in [9.17, 15) is 9.59 Å². The molecule has 0 unspecified atom stereocenters. The Bertz CT molecular complexity index is 1020. The van der Waals surface area contributed by atoms with E-state index < -0.39 is 5.91 Å². The predicted molar refractivity (Wildman–Crippen MR) is 105 cm³/mol. The van der Waals surface area contributed by atoms with Crippen LogP contribution in [0.4, 0.5) is 5.69 Å². The molecule has 1 heterocycles. The number of nitrogens with zero attached hydrogens (tertiary/aromatic N) is 1. The SMILES string of the molecule is COc1ccc(Cc2nc(C(=O)Nc3ccc(C)c(C)c3)cc(=O)[nH]2)cc1. The van der Waals surface area contributed by atoms with Crippen molar-refractivity contribution < 1.29 is 9.53 Å². The first kappa shape index (κ1) is 18.4. The zero-order chi connectivity index (χ0) is 19.4. The quantitative estimate of drug-likeness (QED) is 0.729. The molecule has 0 spiro atoms. The third kappa shape index (κ3) is 4.61. The third-order valence-electron chi connectivity index (χ3n) is 4.32. The number of carbonyl (C=O) groups is 1. The first-order valence-corrected chi connectivity index (χ1v) is 8.56. The molecule has 6 nitrogen and oxygen atoms in total. The van der Waals surface area contributed by atoms with Gasteiger partial charge in [0.25, 0.3) is 11.5 Å². The van der Waals surface area contributed by atoms with Crippen molar-refractivity contribution in [2.75, 3.05) is 12.4 Å². The highest BCUT2D eigenvalue weighted by Gasteiger charge is 2.11. The van der Waals surface area contributed by atoms with Crippen LogP contribution in [0.3, 0.4) is 0 Å². The fraction of sp³-hybridized carbons (Fsp3) is 0.190. The molecule has 27 heavy (non-hydrogen) atoms. The molecule has 0 bridgehead atoms. The van der Waals surface area contributed by atoms with Crippen molar-refractivity contribution in [1.82, 2.24) is 9.97 Å². The minimum absolute atomic E-state index is 0.0838. The summed E-state index contributed by atoms with van der Waals surface area (Å²) in [6.45, 7) is 3.98. The topological polar surface area (TPSA) is 84.1 Å². The number of hydrogen-bond acceptors (Lipinski definition) is 4. The lowest BCUT2D eigenvalue weighted by molar-refractivity contribution is 0.102. The number of hydrogen-bond donors (Lipinski definition) is 2. The Balaban J connectivity index is 1.80. The van der Waals surface area contributed by atoms with Gasteiger partial charge in [0, 0.05) is 18.2 Å². The molecule has 1 aromatic heterocycles. The fourth-order valence-electron chi connectivity index (χ4n) is 2.66. The highest BCUT2D eigenvalue weighted by molar-refractivity contribution is 6.02. The van der Waals surface area contributed by atoms with Gasteiger partial charge in [-0.15, -0.1) is 0 Å². The van der Waals surface area contributed by atoms with Gasteiger partial charge in [0.15, 0.2) is 0 Å². The van der Waals surface area contributed by atoms with Gasteiger partial charge in [-0.25, -0.2) is 4.98 Å². The number of amides is 1. The molecule has 0 saturated carbocycles. The monoisotopic (exact) mass is 363 g/mol. The van der Waals surface area contributed by atoms with Crippen LogP contribution < -0.4 is 15.6 Å². The van der Waals surface area contributed by atoms with Crippen LogP contribution in [-0.2, 0) is 6.42 Å². The van der Waals surface area contributed by atoms with Crippen molar-refractivity contribution in [2.45, 2.75) is 20.3 Å². The standard InChI is InChI=1S/C21H21N3O3/c1-13-4-7-16(10-14(13)2)22-21(26)18-12-20(25)24-19(23-18)11-15-5-8-17(27-3)9-6-15/h4-10,12H,11H2,1-3H3,(H,22,26)(H,23,24,25). The lowest BCUT2D eigenvalue weighted by Gasteiger charge is -2.08. The number of rotatable bonds is 5. The molecular formula is C21H21N3O3. The number of aryl methyl sites for hydroxylation is 2. The van der Waals surface area contributed by atoms with Crippen LogP contribution in [0, 0.1) is 13.8 Å². The summed E-state index contributed by atoms with van der Waals surface area (Å²) in [5.74, 6) is 0.764. The van der Waals surface area contributed by atoms with Gasteiger partial charge in [-0.2, -0.15) is 0 Å². The van der Waals surface area contributed by atoms with Crippen LogP contribution in [-0.4, -0.2) is 23.0 Å². The predicted octanol–water partition coefficient (Wildman–Crippen LogP) is 3.24. The molecule has 138 valence electrons. The largest absolute Gasteiger partial charge is 0.497 e. The summed E-state index contributed by atoms with van der Waals surface area (Å²) in [6.07, 6.45) is 0.407. The molecule has 3 aromatic rings. The Hall–Kier alpha value is -3.41. The molecule has 2 aromatic carbocycles. The maximum atomic E-state index is 12.5. The molecule has 0 atom stereocenters. The van der Waals surface area contributed by atoms with Crippen LogP contribution in [0.15, 0.2) is 53.3 Å². The van der Waals surface area contributed by atoms with Gasteiger partial charge < -0.3 is 15.0 Å². The van der Waals surface area contributed by atoms with E-state index in [-0.39, 0.29) is 11.3 Å². The fourth-order valence-corrected chi connectivity index (χ4v) is 2.66. The number of anilines is 1. The lowest BCUT2D eigenvalue weighted by Crippen LogP contribution is -2.20. The van der Waals surface area contributed by atoms with Crippen LogP contribution in [0.25, 0.3) is 0 Å². The van der Waals surface area contributed by atoms with E-state index in [0.29, 0.717) is 17.9 Å². The zero-order valence-corrected chi connectivity index (χ0v) is 15.5. The molecule has 3 rings (SSSR count). The summed E-state index contributed by atoms with van der Waals surface area (Å²) in [6, 6.07) is 14.3. The number of carbonyl (C=O) groups excluding carboxylic acids is 1. The number of aromatic amines is 1. The molecule has 6 heteroatoms. The van der Waals surface area contributed by atoms with E-state index in [4.69, 9.17) is 4.74 Å². The van der Waals surface area contributed by atoms with Crippen LogP contribution in [0.5, 0.6) is 5.75 Å². The minimum atomic E-state index is -0.416. The number of nitrogens with one attached hydrogen (secondary N) is 2. The Morgan fingerprint density at radius 3 is 2.48 bits per heavy atom. The molecule has 0 aliphatic heterocycles. The van der Waals surface area contributed by atoms with E-state index in [1.165, 1.54) is 6.07 Å². The molecule has 0 aliphatic carbocycles. The van der Waals surface area contributed by atoms with E-state index >= 15 is 0 Å². The van der Waals surface area contributed by atoms with Crippen LogP contribution >= 0.6 is 0 Å². The normalized spacial score (nSPS) is 10.5. The Morgan fingerprint density at radius 2 is 1.81 bits per heavy atom. The van der Waals surface area contributed by atoms with Gasteiger partial charge in [-0.3, -0.25) is 9.59 Å². The Morgan fingerprint density at radius 1 is 1.07 bits per heavy atom. The first-order valence-electron chi connectivity index (χ1n) is 8.56. The van der Waals surface area contributed by atoms with Crippen molar-refractivity contribution >= 4 is 11.6 Å². The lowest BCUT2D eigenvalue weighted by atomic mass is 10.1. The molecular weight excluding hydrogens is 342 g/mol. The van der Waals surface area contributed by atoms with E-state index in [1.54, 1.807) is 7.11 Å². The summed E-state index contributed by atoms with van der Waals surface area (Å²) >= 11 is 0. The second-order valence-corrected chi connectivity index (χ2v) is 6.36. The number of aromatic nitrogens is 2. The molecule has 2 N–H and O–H groups in total. The maximum Gasteiger partial charge on any atom is 0.274 e. The van der Waals surface area contributed by atoms with E-state index in [1.807, 2.05) is 56.3 Å². The van der Waals surface area contributed by atoms with Crippen molar-refractivity contribution in [2.24, 2.45) is 0 Å². The molecule has 0 saturated heterocycles. The van der Waals surface area contributed by atoms with Gasteiger partial charge in [-0.05, 0) is 54.8 Å². The minimum Gasteiger partial charge on any atom is -0.497 e. The van der Waals surface area contributed by atoms with Gasteiger partial charge in [-0.1, -0.05) is 18.2 Å². The van der Waals surface area contributed by atoms with Gasteiger partial charge in [0.2, 0.25) is 0 Å². The maximum absolute atomic E-state index is 12.5.